The molecule has 180 valence electrons. The van der Waals surface area contributed by atoms with Crippen LogP contribution in [0.3, 0.4) is 0 Å². The standard InChI is InChI=1S/C24H29N5O3S2/c1-18(23-25-22-6-4-3-5-21(22)24(26-23)28-15-16-33-17-28)27-11-13-29(14-12-27)34(30,31)20-9-7-19(32-2)8-10-20/h3-10,18H,11-17H2,1-2H3. The lowest BCUT2D eigenvalue weighted by Crippen LogP contribution is -2.49. The van der Waals surface area contributed by atoms with Gasteiger partial charge in [0.15, 0.2) is 0 Å². The molecule has 0 saturated carbocycles. The normalized spacial score (nSPS) is 18.9. The number of nitrogens with zero attached hydrogens (tertiary/aromatic N) is 5. The summed E-state index contributed by atoms with van der Waals surface area (Å²) in [5.41, 5.74) is 0.951. The lowest BCUT2D eigenvalue weighted by molar-refractivity contribution is 0.141. The maximum absolute atomic E-state index is 13.1. The fraction of sp³-hybridized carbons (Fsp3) is 0.417. The Bertz CT molecular complexity index is 1260. The molecule has 8 nitrogen and oxygen atoms in total. The maximum atomic E-state index is 13.1. The Morgan fingerprint density at radius 1 is 0.971 bits per heavy atom. The highest BCUT2D eigenvalue weighted by Gasteiger charge is 2.31. The van der Waals surface area contributed by atoms with Gasteiger partial charge in [-0.05, 0) is 43.3 Å². The van der Waals surface area contributed by atoms with Crippen LogP contribution in [-0.2, 0) is 10.0 Å². The van der Waals surface area contributed by atoms with E-state index in [-0.39, 0.29) is 6.04 Å². The highest BCUT2D eigenvalue weighted by atomic mass is 32.2. The van der Waals surface area contributed by atoms with Crippen LogP contribution in [0.25, 0.3) is 10.9 Å². The molecule has 10 heteroatoms. The van der Waals surface area contributed by atoms with Crippen molar-refractivity contribution in [1.82, 2.24) is 19.2 Å². The van der Waals surface area contributed by atoms with Crippen LogP contribution in [0.4, 0.5) is 5.82 Å². The number of methoxy groups -OCH3 is 1. The molecular weight excluding hydrogens is 470 g/mol. The van der Waals surface area contributed by atoms with Crippen molar-refractivity contribution in [2.75, 3.05) is 56.4 Å². The number of piperazine rings is 1. The second kappa shape index (κ2) is 9.69. The van der Waals surface area contributed by atoms with E-state index < -0.39 is 10.0 Å². The Hall–Kier alpha value is -2.40. The van der Waals surface area contributed by atoms with Crippen LogP contribution < -0.4 is 9.64 Å². The second-order valence-corrected chi connectivity index (χ2v) is 11.5. The number of fused-ring (bicyclic) bond motifs is 1. The average molecular weight is 500 g/mol. The first-order valence-electron chi connectivity index (χ1n) is 11.4. The van der Waals surface area contributed by atoms with Gasteiger partial charge >= 0.3 is 0 Å². The van der Waals surface area contributed by atoms with E-state index in [1.807, 2.05) is 30.0 Å². The fourth-order valence-corrected chi connectivity index (χ4v) is 6.85. The van der Waals surface area contributed by atoms with E-state index in [4.69, 9.17) is 14.7 Å². The van der Waals surface area contributed by atoms with Gasteiger partial charge in [-0.25, -0.2) is 18.4 Å². The molecular formula is C24H29N5O3S2. The van der Waals surface area contributed by atoms with Gasteiger partial charge in [0.2, 0.25) is 10.0 Å². The monoisotopic (exact) mass is 499 g/mol. The van der Waals surface area contributed by atoms with E-state index in [2.05, 4.69) is 22.8 Å². The molecule has 0 bridgehead atoms. The predicted octanol–water partition coefficient (Wildman–Crippen LogP) is 3.22. The predicted molar refractivity (Wildman–Crippen MR) is 136 cm³/mol. The maximum Gasteiger partial charge on any atom is 0.243 e. The minimum atomic E-state index is -3.54. The van der Waals surface area contributed by atoms with Crippen LogP contribution in [0.2, 0.25) is 0 Å². The summed E-state index contributed by atoms with van der Waals surface area (Å²) in [6.07, 6.45) is 0. The van der Waals surface area contributed by atoms with Crippen molar-refractivity contribution in [3.63, 3.8) is 0 Å². The van der Waals surface area contributed by atoms with Gasteiger partial charge in [-0.2, -0.15) is 4.31 Å². The van der Waals surface area contributed by atoms with Crippen molar-refractivity contribution >= 4 is 38.5 Å². The number of sulfonamides is 1. The van der Waals surface area contributed by atoms with E-state index in [0.717, 1.165) is 40.7 Å². The fourth-order valence-electron chi connectivity index (χ4n) is 4.48. The summed E-state index contributed by atoms with van der Waals surface area (Å²) < 4.78 is 32.9. The number of ether oxygens (including phenoxy) is 1. The van der Waals surface area contributed by atoms with Crippen LogP contribution in [-0.4, -0.2) is 79.1 Å². The average Bonchev–Trinajstić information content (AvgIpc) is 3.42. The molecule has 3 heterocycles. The molecule has 2 fully saturated rings. The van der Waals surface area contributed by atoms with Gasteiger partial charge in [-0.1, -0.05) is 12.1 Å². The van der Waals surface area contributed by atoms with Crippen LogP contribution >= 0.6 is 11.8 Å². The Morgan fingerprint density at radius 2 is 1.71 bits per heavy atom. The molecule has 1 atom stereocenters. The third-order valence-electron chi connectivity index (χ3n) is 6.54. The third-order valence-corrected chi connectivity index (χ3v) is 9.42. The van der Waals surface area contributed by atoms with Crippen molar-refractivity contribution in [2.24, 2.45) is 0 Å². The molecule has 2 aromatic carbocycles. The van der Waals surface area contributed by atoms with E-state index >= 15 is 0 Å². The quantitative estimate of drug-likeness (QED) is 0.512. The van der Waals surface area contributed by atoms with E-state index in [9.17, 15) is 8.42 Å². The summed E-state index contributed by atoms with van der Waals surface area (Å²) in [5.74, 6) is 4.47. The largest absolute Gasteiger partial charge is 0.497 e. The minimum Gasteiger partial charge on any atom is -0.497 e. The molecule has 2 aliphatic rings. The number of hydrogen-bond acceptors (Lipinski definition) is 8. The number of anilines is 1. The molecule has 5 rings (SSSR count). The molecule has 34 heavy (non-hydrogen) atoms. The summed E-state index contributed by atoms with van der Waals surface area (Å²) in [6.45, 7) is 5.22. The first-order valence-corrected chi connectivity index (χ1v) is 14.0. The van der Waals surface area contributed by atoms with Gasteiger partial charge in [0.1, 0.15) is 17.4 Å². The van der Waals surface area contributed by atoms with Crippen LogP contribution in [0.1, 0.15) is 18.8 Å². The topological polar surface area (TPSA) is 78.9 Å². The summed E-state index contributed by atoms with van der Waals surface area (Å²) in [7, 11) is -1.97. The zero-order chi connectivity index (χ0) is 23.7. The summed E-state index contributed by atoms with van der Waals surface area (Å²) in [4.78, 5) is 14.8. The summed E-state index contributed by atoms with van der Waals surface area (Å²) >= 11 is 1.92. The van der Waals surface area contributed by atoms with E-state index in [0.29, 0.717) is 36.8 Å². The molecule has 2 saturated heterocycles. The number of rotatable bonds is 6. The van der Waals surface area contributed by atoms with Crippen molar-refractivity contribution < 1.29 is 13.2 Å². The number of benzene rings is 2. The van der Waals surface area contributed by atoms with Crippen LogP contribution in [0, 0.1) is 0 Å². The van der Waals surface area contributed by atoms with Gasteiger partial charge in [-0.15, -0.1) is 11.8 Å². The van der Waals surface area contributed by atoms with Gasteiger partial charge in [0.05, 0.1) is 29.4 Å². The highest BCUT2D eigenvalue weighted by molar-refractivity contribution is 7.99. The molecule has 1 unspecified atom stereocenters. The molecule has 0 aliphatic carbocycles. The van der Waals surface area contributed by atoms with Crippen LogP contribution in [0.5, 0.6) is 5.75 Å². The van der Waals surface area contributed by atoms with Gasteiger partial charge in [0, 0.05) is 43.9 Å². The van der Waals surface area contributed by atoms with Crippen LogP contribution in [0.15, 0.2) is 53.4 Å². The first-order chi connectivity index (χ1) is 16.5. The number of para-hydroxylation sites is 1. The lowest BCUT2D eigenvalue weighted by atomic mass is 10.2. The second-order valence-electron chi connectivity index (χ2n) is 8.51. The van der Waals surface area contributed by atoms with Gasteiger partial charge in [-0.3, -0.25) is 4.90 Å². The summed E-state index contributed by atoms with van der Waals surface area (Å²) in [6, 6.07) is 14.7. The Balaban J connectivity index is 1.33. The Kier molecular flexibility index (Phi) is 6.65. The Morgan fingerprint density at radius 3 is 2.38 bits per heavy atom. The lowest BCUT2D eigenvalue weighted by Gasteiger charge is -2.37. The van der Waals surface area contributed by atoms with Crippen molar-refractivity contribution in [1.29, 1.82) is 0 Å². The number of hydrogen-bond donors (Lipinski definition) is 0. The van der Waals surface area contributed by atoms with Crippen molar-refractivity contribution in [3.8, 4) is 5.75 Å². The Labute approximate surface area is 205 Å². The number of aromatic nitrogens is 2. The highest BCUT2D eigenvalue weighted by Crippen LogP contribution is 2.31. The third kappa shape index (κ3) is 4.47. The smallest absolute Gasteiger partial charge is 0.243 e. The van der Waals surface area contributed by atoms with Crippen molar-refractivity contribution in [3.05, 3.63) is 54.4 Å². The van der Waals surface area contributed by atoms with Gasteiger partial charge in [0.25, 0.3) is 0 Å². The molecule has 0 N–H and O–H groups in total. The number of thioether (sulfide) groups is 1. The summed E-state index contributed by atoms with van der Waals surface area (Å²) in [5, 5.41) is 1.08. The van der Waals surface area contributed by atoms with Gasteiger partial charge < -0.3 is 9.64 Å². The zero-order valence-corrected chi connectivity index (χ0v) is 21.1. The molecule has 1 aromatic heterocycles. The molecule has 3 aromatic rings. The molecule has 0 radical (unpaired) electrons. The minimum absolute atomic E-state index is 0.00977. The van der Waals surface area contributed by atoms with E-state index in [1.54, 1.807) is 35.7 Å². The first kappa shape index (κ1) is 23.3. The molecule has 0 amide bonds. The molecule has 2 aliphatic heterocycles. The molecule has 0 spiro atoms. The van der Waals surface area contributed by atoms with Crippen molar-refractivity contribution in [2.45, 2.75) is 17.9 Å². The SMILES string of the molecule is COc1ccc(S(=O)(=O)N2CCN(C(C)c3nc(N4CCSC4)c4ccccc4n3)CC2)cc1. The van der Waals surface area contributed by atoms with E-state index in [1.165, 1.54) is 0 Å². The zero-order valence-electron chi connectivity index (χ0n) is 19.4.